The maximum Gasteiger partial charge on any atom is 0.161 e. The number of fused-ring (bicyclic) bond motifs is 1. The molecule has 0 aromatic heterocycles. The first kappa shape index (κ1) is 13.4. The molecule has 2 fully saturated rings. The van der Waals surface area contributed by atoms with Crippen molar-refractivity contribution < 1.29 is 9.47 Å². The predicted octanol–water partition coefficient (Wildman–Crippen LogP) is 3.37. The lowest BCUT2D eigenvalue weighted by atomic mass is 9.98. The topological polar surface area (TPSA) is 30.5 Å². The van der Waals surface area contributed by atoms with Crippen molar-refractivity contribution in [2.24, 2.45) is 17.8 Å². The van der Waals surface area contributed by atoms with Gasteiger partial charge in [-0.05, 0) is 67.7 Å². The molecule has 0 unspecified atom stereocenters. The third-order valence-electron chi connectivity index (χ3n) is 4.98. The van der Waals surface area contributed by atoms with Crippen LogP contribution in [0.2, 0.25) is 0 Å². The standard InChI is InChI=1S/C18H25NO2/c1-8-20-17-7-2-13(10-18(17)21-9-1)11-19-12-16(14-3-4-14)15-5-6-15/h2,7,10,14-16,19H,1,3-6,8-9,11-12H2. The fourth-order valence-corrected chi connectivity index (χ4v) is 3.47. The van der Waals surface area contributed by atoms with Crippen LogP contribution in [0.25, 0.3) is 0 Å². The van der Waals surface area contributed by atoms with Crippen LogP contribution in [0.3, 0.4) is 0 Å². The van der Waals surface area contributed by atoms with Crippen LogP contribution >= 0.6 is 0 Å². The lowest BCUT2D eigenvalue weighted by Gasteiger charge is -2.16. The van der Waals surface area contributed by atoms with Crippen LogP contribution in [-0.4, -0.2) is 19.8 Å². The molecule has 1 aromatic rings. The molecule has 3 nitrogen and oxygen atoms in total. The van der Waals surface area contributed by atoms with Gasteiger partial charge in [0.25, 0.3) is 0 Å². The molecule has 1 heterocycles. The number of rotatable bonds is 6. The molecule has 21 heavy (non-hydrogen) atoms. The van der Waals surface area contributed by atoms with E-state index in [1.165, 1.54) is 37.8 Å². The Morgan fingerprint density at radius 3 is 2.43 bits per heavy atom. The Kier molecular flexibility index (Phi) is 3.76. The molecule has 1 aromatic carbocycles. The number of hydrogen-bond donors (Lipinski definition) is 1. The molecule has 2 saturated carbocycles. The lowest BCUT2D eigenvalue weighted by Crippen LogP contribution is -2.25. The highest BCUT2D eigenvalue weighted by molar-refractivity contribution is 5.43. The average Bonchev–Trinajstić information content (AvgIpc) is 3.39. The highest BCUT2D eigenvalue weighted by atomic mass is 16.5. The van der Waals surface area contributed by atoms with E-state index in [4.69, 9.17) is 9.47 Å². The first-order valence-corrected chi connectivity index (χ1v) is 8.49. The zero-order chi connectivity index (χ0) is 14.1. The van der Waals surface area contributed by atoms with E-state index >= 15 is 0 Å². The van der Waals surface area contributed by atoms with Crippen molar-refractivity contribution >= 4 is 0 Å². The van der Waals surface area contributed by atoms with E-state index in [2.05, 4.69) is 23.5 Å². The maximum absolute atomic E-state index is 5.76. The van der Waals surface area contributed by atoms with Crippen molar-refractivity contribution in [3.63, 3.8) is 0 Å². The van der Waals surface area contributed by atoms with Crippen LogP contribution in [0.5, 0.6) is 11.5 Å². The molecule has 0 amide bonds. The van der Waals surface area contributed by atoms with Crippen molar-refractivity contribution in [3.8, 4) is 11.5 Å². The van der Waals surface area contributed by atoms with Gasteiger partial charge >= 0.3 is 0 Å². The minimum Gasteiger partial charge on any atom is -0.490 e. The molecule has 0 radical (unpaired) electrons. The highest BCUT2D eigenvalue weighted by Gasteiger charge is 2.40. The summed E-state index contributed by atoms with van der Waals surface area (Å²) in [6, 6.07) is 6.34. The maximum atomic E-state index is 5.76. The Morgan fingerprint density at radius 2 is 1.71 bits per heavy atom. The van der Waals surface area contributed by atoms with Crippen molar-refractivity contribution in [2.75, 3.05) is 19.8 Å². The zero-order valence-electron chi connectivity index (χ0n) is 12.6. The molecule has 114 valence electrons. The summed E-state index contributed by atoms with van der Waals surface area (Å²) >= 11 is 0. The summed E-state index contributed by atoms with van der Waals surface area (Å²) in [6.45, 7) is 3.64. The second kappa shape index (κ2) is 5.88. The van der Waals surface area contributed by atoms with Crippen LogP contribution in [0.1, 0.15) is 37.7 Å². The number of ether oxygens (including phenoxy) is 2. The zero-order valence-corrected chi connectivity index (χ0v) is 12.6. The molecule has 0 bridgehead atoms. The number of nitrogens with one attached hydrogen (secondary N) is 1. The normalized spacial score (nSPS) is 21.4. The molecule has 0 atom stereocenters. The molecular weight excluding hydrogens is 262 g/mol. The quantitative estimate of drug-likeness (QED) is 0.870. The summed E-state index contributed by atoms with van der Waals surface area (Å²) in [4.78, 5) is 0. The second-order valence-corrected chi connectivity index (χ2v) is 6.80. The predicted molar refractivity (Wildman–Crippen MR) is 82.7 cm³/mol. The molecule has 3 aliphatic rings. The fourth-order valence-electron chi connectivity index (χ4n) is 3.47. The van der Waals surface area contributed by atoms with E-state index in [0.29, 0.717) is 0 Å². The summed E-state index contributed by atoms with van der Waals surface area (Å²) in [5.41, 5.74) is 1.30. The van der Waals surface area contributed by atoms with E-state index < -0.39 is 0 Å². The molecule has 2 aliphatic carbocycles. The van der Waals surface area contributed by atoms with E-state index in [0.717, 1.165) is 55.4 Å². The van der Waals surface area contributed by atoms with Crippen molar-refractivity contribution in [1.82, 2.24) is 5.32 Å². The van der Waals surface area contributed by atoms with Crippen LogP contribution < -0.4 is 14.8 Å². The van der Waals surface area contributed by atoms with Gasteiger partial charge in [-0.2, -0.15) is 0 Å². The first-order chi connectivity index (χ1) is 10.4. The van der Waals surface area contributed by atoms with Crippen LogP contribution in [0, 0.1) is 17.8 Å². The summed E-state index contributed by atoms with van der Waals surface area (Å²) in [6.07, 6.45) is 6.83. The Bertz CT molecular complexity index is 482. The Labute approximate surface area is 127 Å². The SMILES string of the molecule is c1cc2c(cc1CNCC(C1CC1)C1CC1)OCCCO2. The summed E-state index contributed by atoms with van der Waals surface area (Å²) in [7, 11) is 0. The van der Waals surface area contributed by atoms with Crippen LogP contribution in [0.4, 0.5) is 0 Å². The highest BCUT2D eigenvalue weighted by Crippen LogP contribution is 2.48. The number of benzene rings is 1. The largest absolute Gasteiger partial charge is 0.490 e. The molecule has 0 saturated heterocycles. The van der Waals surface area contributed by atoms with Crippen molar-refractivity contribution in [2.45, 2.75) is 38.6 Å². The van der Waals surface area contributed by atoms with Gasteiger partial charge in [0, 0.05) is 13.0 Å². The minimum atomic E-state index is 0.759. The van der Waals surface area contributed by atoms with Gasteiger partial charge in [-0.25, -0.2) is 0 Å². The summed E-state index contributed by atoms with van der Waals surface area (Å²) < 4.78 is 11.4. The lowest BCUT2D eigenvalue weighted by molar-refractivity contribution is 0.297. The monoisotopic (exact) mass is 287 g/mol. The van der Waals surface area contributed by atoms with Gasteiger partial charge in [0.1, 0.15) is 0 Å². The van der Waals surface area contributed by atoms with Gasteiger partial charge < -0.3 is 14.8 Å². The molecule has 1 aliphatic heterocycles. The van der Waals surface area contributed by atoms with Gasteiger partial charge in [-0.3, -0.25) is 0 Å². The molecular formula is C18H25NO2. The Morgan fingerprint density at radius 1 is 1.00 bits per heavy atom. The van der Waals surface area contributed by atoms with Crippen LogP contribution in [-0.2, 0) is 6.54 Å². The van der Waals surface area contributed by atoms with Gasteiger partial charge in [-0.1, -0.05) is 6.07 Å². The average molecular weight is 287 g/mol. The molecule has 0 spiro atoms. The van der Waals surface area contributed by atoms with Crippen molar-refractivity contribution in [1.29, 1.82) is 0 Å². The molecule has 1 N–H and O–H groups in total. The van der Waals surface area contributed by atoms with Gasteiger partial charge in [0.15, 0.2) is 11.5 Å². The van der Waals surface area contributed by atoms with Gasteiger partial charge in [-0.15, -0.1) is 0 Å². The minimum absolute atomic E-state index is 0.759. The number of hydrogen-bond acceptors (Lipinski definition) is 3. The third-order valence-corrected chi connectivity index (χ3v) is 4.98. The van der Waals surface area contributed by atoms with Crippen molar-refractivity contribution in [3.05, 3.63) is 23.8 Å². The van der Waals surface area contributed by atoms with Gasteiger partial charge in [0.2, 0.25) is 0 Å². The molecule has 3 heteroatoms. The van der Waals surface area contributed by atoms with E-state index in [9.17, 15) is 0 Å². The van der Waals surface area contributed by atoms with E-state index in [1.54, 1.807) is 0 Å². The first-order valence-electron chi connectivity index (χ1n) is 8.49. The molecule has 4 rings (SSSR count). The summed E-state index contributed by atoms with van der Waals surface area (Å²) in [5, 5.41) is 3.67. The smallest absolute Gasteiger partial charge is 0.161 e. The second-order valence-electron chi connectivity index (χ2n) is 6.80. The fraction of sp³-hybridized carbons (Fsp3) is 0.667. The van der Waals surface area contributed by atoms with Crippen LogP contribution in [0.15, 0.2) is 18.2 Å². The van der Waals surface area contributed by atoms with E-state index in [-0.39, 0.29) is 0 Å². The van der Waals surface area contributed by atoms with Gasteiger partial charge in [0.05, 0.1) is 13.2 Å². The Balaban J connectivity index is 1.33. The third kappa shape index (κ3) is 3.34. The van der Waals surface area contributed by atoms with E-state index in [1.807, 2.05) is 0 Å². The summed E-state index contributed by atoms with van der Waals surface area (Å²) in [5.74, 6) is 4.78. The Hall–Kier alpha value is -1.22.